The van der Waals surface area contributed by atoms with Crippen molar-refractivity contribution >= 4 is 5.91 Å². The van der Waals surface area contributed by atoms with E-state index in [1.54, 1.807) is 0 Å². The maximum Gasteiger partial charge on any atom is 0.222 e. The molecule has 1 aromatic carbocycles. The second-order valence-electron chi connectivity index (χ2n) is 7.81. The van der Waals surface area contributed by atoms with Gasteiger partial charge in [0.2, 0.25) is 18.1 Å². The quantitative estimate of drug-likeness (QED) is 0.653. The second kappa shape index (κ2) is 9.61. The standard InChI is InChI=1S/C16H21NO.C7H4FN3O/c18-16(17-8-4-1-5-9-17)12-13-10-14-6-2-3-7-15(14)11-13;8-5-1-2-6(9-3-5)7-10-4-12-11-7/h2-3,6-7,13H,1,4-5,8-12H2;1-4H. The minimum Gasteiger partial charge on any atom is -0.343 e. The first-order valence-electron chi connectivity index (χ1n) is 10.4. The Kier molecular flexibility index (Phi) is 6.47. The van der Waals surface area contributed by atoms with Gasteiger partial charge in [-0.15, -0.1) is 0 Å². The number of hydrogen-bond acceptors (Lipinski definition) is 5. The highest BCUT2D eigenvalue weighted by Crippen LogP contribution is 2.29. The molecule has 7 heteroatoms. The number of pyridine rings is 1. The van der Waals surface area contributed by atoms with Gasteiger partial charge in [-0.25, -0.2) is 9.37 Å². The van der Waals surface area contributed by atoms with Crippen LogP contribution in [0.1, 0.15) is 36.8 Å². The highest BCUT2D eigenvalue weighted by atomic mass is 19.1. The van der Waals surface area contributed by atoms with Gasteiger partial charge in [-0.1, -0.05) is 29.4 Å². The van der Waals surface area contributed by atoms with Crippen molar-refractivity contribution in [1.29, 1.82) is 0 Å². The Morgan fingerprint density at radius 2 is 1.77 bits per heavy atom. The van der Waals surface area contributed by atoms with Crippen molar-refractivity contribution in [2.75, 3.05) is 13.1 Å². The molecule has 1 aliphatic carbocycles. The molecule has 1 aliphatic heterocycles. The monoisotopic (exact) mass is 408 g/mol. The van der Waals surface area contributed by atoms with Gasteiger partial charge in [0.25, 0.3) is 0 Å². The molecule has 0 radical (unpaired) electrons. The molecule has 2 aliphatic rings. The summed E-state index contributed by atoms with van der Waals surface area (Å²) in [6.07, 6.45) is 8.90. The third-order valence-electron chi connectivity index (χ3n) is 5.63. The van der Waals surface area contributed by atoms with E-state index in [1.807, 2.05) is 0 Å². The number of amides is 1. The van der Waals surface area contributed by atoms with Crippen LogP contribution < -0.4 is 0 Å². The van der Waals surface area contributed by atoms with Crippen LogP contribution in [-0.4, -0.2) is 39.0 Å². The number of piperidine rings is 1. The van der Waals surface area contributed by atoms with Crippen LogP contribution >= 0.6 is 0 Å². The molecule has 30 heavy (non-hydrogen) atoms. The Bertz CT molecular complexity index is 929. The van der Waals surface area contributed by atoms with Gasteiger partial charge in [0.05, 0.1) is 6.20 Å². The van der Waals surface area contributed by atoms with E-state index in [0.29, 0.717) is 23.3 Å². The van der Waals surface area contributed by atoms with Crippen LogP contribution in [0.25, 0.3) is 11.5 Å². The van der Waals surface area contributed by atoms with Gasteiger partial charge >= 0.3 is 0 Å². The predicted molar refractivity (Wildman–Crippen MR) is 110 cm³/mol. The summed E-state index contributed by atoms with van der Waals surface area (Å²) >= 11 is 0. The summed E-state index contributed by atoms with van der Waals surface area (Å²) in [5.74, 6) is 0.890. The Labute approximate surface area is 175 Å². The molecular weight excluding hydrogens is 383 g/mol. The average molecular weight is 408 g/mol. The lowest BCUT2D eigenvalue weighted by Gasteiger charge is -2.27. The van der Waals surface area contributed by atoms with Crippen LogP contribution in [0, 0.1) is 11.7 Å². The zero-order chi connectivity index (χ0) is 20.8. The van der Waals surface area contributed by atoms with Gasteiger partial charge in [0.15, 0.2) is 0 Å². The average Bonchev–Trinajstić information content (AvgIpc) is 3.45. The van der Waals surface area contributed by atoms with Crippen molar-refractivity contribution in [3.8, 4) is 11.5 Å². The third kappa shape index (κ3) is 5.09. The number of halogens is 1. The molecule has 3 aromatic rings. The molecule has 0 spiro atoms. The topological polar surface area (TPSA) is 72.1 Å². The molecule has 6 nitrogen and oxygen atoms in total. The molecule has 0 N–H and O–H groups in total. The fourth-order valence-corrected chi connectivity index (χ4v) is 4.11. The molecule has 0 unspecified atom stereocenters. The Balaban J connectivity index is 0.000000158. The summed E-state index contributed by atoms with van der Waals surface area (Å²) < 4.78 is 16.9. The number of hydrogen-bond donors (Lipinski definition) is 0. The zero-order valence-corrected chi connectivity index (χ0v) is 16.8. The Morgan fingerprint density at radius 1 is 1.03 bits per heavy atom. The lowest BCUT2D eigenvalue weighted by molar-refractivity contribution is -0.133. The maximum absolute atomic E-state index is 12.4. The summed E-state index contributed by atoms with van der Waals surface area (Å²) in [7, 11) is 0. The molecular formula is C23H25FN4O2. The Hall–Kier alpha value is -3.09. The lowest BCUT2D eigenvalue weighted by Crippen LogP contribution is -2.36. The van der Waals surface area contributed by atoms with Crippen LogP contribution in [-0.2, 0) is 17.6 Å². The molecule has 156 valence electrons. The van der Waals surface area contributed by atoms with Gasteiger partial charge < -0.3 is 9.42 Å². The van der Waals surface area contributed by atoms with E-state index in [9.17, 15) is 9.18 Å². The summed E-state index contributed by atoms with van der Waals surface area (Å²) in [5, 5.41) is 3.55. The summed E-state index contributed by atoms with van der Waals surface area (Å²) in [6, 6.07) is 11.4. The normalized spacial score (nSPS) is 16.0. The van der Waals surface area contributed by atoms with Crippen molar-refractivity contribution in [2.45, 2.75) is 38.5 Å². The minimum atomic E-state index is -0.387. The van der Waals surface area contributed by atoms with E-state index in [0.717, 1.165) is 38.5 Å². The van der Waals surface area contributed by atoms with Crippen molar-refractivity contribution in [2.24, 2.45) is 5.92 Å². The number of fused-ring (bicyclic) bond motifs is 1. The highest BCUT2D eigenvalue weighted by Gasteiger charge is 2.25. The molecule has 1 amide bonds. The van der Waals surface area contributed by atoms with Crippen molar-refractivity contribution in [3.05, 3.63) is 65.9 Å². The minimum absolute atomic E-state index is 0.356. The lowest BCUT2D eigenvalue weighted by atomic mass is 10.0. The molecule has 1 saturated heterocycles. The number of rotatable bonds is 3. The van der Waals surface area contributed by atoms with E-state index in [-0.39, 0.29) is 5.82 Å². The van der Waals surface area contributed by atoms with Gasteiger partial charge in [0, 0.05) is 19.5 Å². The number of carbonyl (C=O) groups is 1. The fourth-order valence-electron chi connectivity index (χ4n) is 4.11. The van der Waals surface area contributed by atoms with Crippen LogP contribution in [0.15, 0.2) is 53.5 Å². The molecule has 3 heterocycles. The molecule has 2 aromatic heterocycles. The molecule has 0 saturated carbocycles. The number of aromatic nitrogens is 3. The SMILES string of the molecule is Fc1ccc(-c2ncon2)nc1.O=C(CC1Cc2ccccc2C1)N1CCCCC1. The summed E-state index contributed by atoms with van der Waals surface area (Å²) in [6.45, 7) is 1.97. The summed E-state index contributed by atoms with van der Waals surface area (Å²) in [4.78, 5) is 21.8. The van der Waals surface area contributed by atoms with Crippen LogP contribution in [0.4, 0.5) is 4.39 Å². The number of benzene rings is 1. The van der Waals surface area contributed by atoms with E-state index < -0.39 is 0 Å². The molecule has 5 rings (SSSR count). The van der Waals surface area contributed by atoms with Gasteiger partial charge in [-0.3, -0.25) is 4.79 Å². The van der Waals surface area contributed by atoms with E-state index in [1.165, 1.54) is 48.9 Å². The van der Waals surface area contributed by atoms with E-state index in [2.05, 4.69) is 48.8 Å². The second-order valence-corrected chi connectivity index (χ2v) is 7.81. The highest BCUT2D eigenvalue weighted by molar-refractivity contribution is 5.76. The first-order chi connectivity index (χ1) is 14.7. The first kappa shape index (κ1) is 20.2. The third-order valence-corrected chi connectivity index (χ3v) is 5.63. The van der Waals surface area contributed by atoms with Crippen molar-refractivity contribution < 1.29 is 13.7 Å². The van der Waals surface area contributed by atoms with Crippen LogP contribution in [0.5, 0.6) is 0 Å². The largest absolute Gasteiger partial charge is 0.343 e. The predicted octanol–water partition coefficient (Wildman–Crippen LogP) is 4.07. The van der Waals surface area contributed by atoms with E-state index >= 15 is 0 Å². The molecule has 1 fully saturated rings. The molecule has 0 bridgehead atoms. The summed E-state index contributed by atoms with van der Waals surface area (Å²) in [5.41, 5.74) is 3.40. The fraction of sp³-hybridized carbons (Fsp3) is 0.391. The zero-order valence-electron chi connectivity index (χ0n) is 16.8. The number of carbonyl (C=O) groups excluding carboxylic acids is 1. The van der Waals surface area contributed by atoms with Crippen LogP contribution in [0.2, 0.25) is 0 Å². The van der Waals surface area contributed by atoms with Crippen LogP contribution in [0.3, 0.4) is 0 Å². The number of nitrogens with zero attached hydrogens (tertiary/aromatic N) is 4. The number of likely N-dealkylation sites (tertiary alicyclic amines) is 1. The maximum atomic E-state index is 12.4. The van der Waals surface area contributed by atoms with Gasteiger partial charge in [-0.2, -0.15) is 4.98 Å². The van der Waals surface area contributed by atoms with Gasteiger partial charge in [-0.05, 0) is 61.3 Å². The van der Waals surface area contributed by atoms with E-state index in [4.69, 9.17) is 0 Å². The first-order valence-corrected chi connectivity index (χ1v) is 10.4. The smallest absolute Gasteiger partial charge is 0.222 e. The molecule has 0 atom stereocenters. The Morgan fingerprint density at radius 3 is 2.37 bits per heavy atom. The van der Waals surface area contributed by atoms with Gasteiger partial charge in [0.1, 0.15) is 11.5 Å². The van der Waals surface area contributed by atoms with Crippen molar-refractivity contribution in [1.82, 2.24) is 20.0 Å². The van der Waals surface area contributed by atoms with Crippen molar-refractivity contribution in [3.63, 3.8) is 0 Å².